The van der Waals surface area contributed by atoms with Gasteiger partial charge in [-0.25, -0.2) is 0 Å². The predicted octanol–water partition coefficient (Wildman–Crippen LogP) is 5.41. The molecule has 0 spiro atoms. The molecule has 0 amide bonds. The normalized spacial score (nSPS) is 12.0. The molecule has 0 aliphatic carbocycles. The van der Waals surface area contributed by atoms with Crippen molar-refractivity contribution in [3.05, 3.63) is 89.3 Å². The fourth-order valence-corrected chi connectivity index (χ4v) is 2.83. The fraction of sp³-hybridized carbons (Fsp3) is 0.0476. The molecule has 3 heteroatoms. The van der Waals surface area contributed by atoms with Gasteiger partial charge in [-0.2, -0.15) is 0 Å². The van der Waals surface area contributed by atoms with Crippen molar-refractivity contribution in [2.45, 2.75) is 6.92 Å². The van der Waals surface area contributed by atoms with Crippen LogP contribution in [0.5, 0.6) is 0 Å². The van der Waals surface area contributed by atoms with Gasteiger partial charge in [0.15, 0.2) is 0 Å². The Bertz CT molecular complexity index is 1070. The van der Waals surface area contributed by atoms with Crippen molar-refractivity contribution in [2.75, 3.05) is 0 Å². The third-order valence-electron chi connectivity index (χ3n) is 4.10. The minimum atomic E-state index is 0.0187. The minimum Gasteiger partial charge on any atom is -0.464 e. The van der Waals surface area contributed by atoms with Crippen LogP contribution < -0.4 is 0 Å². The van der Waals surface area contributed by atoms with Crippen LogP contribution in [0.15, 0.2) is 82.2 Å². The molecule has 1 heterocycles. The van der Waals surface area contributed by atoms with Crippen LogP contribution in [0, 0.1) is 0 Å². The largest absolute Gasteiger partial charge is 0.464 e. The maximum absolute atomic E-state index is 10.2. The van der Waals surface area contributed by atoms with Gasteiger partial charge >= 0.3 is 0 Å². The van der Waals surface area contributed by atoms with Crippen molar-refractivity contribution in [1.82, 2.24) is 0 Å². The summed E-state index contributed by atoms with van der Waals surface area (Å²) in [4.78, 5) is 4.35. The van der Waals surface area contributed by atoms with E-state index in [2.05, 4.69) is 11.1 Å². The monoisotopic (exact) mass is 311 g/mol. The molecule has 24 heavy (non-hydrogen) atoms. The van der Waals surface area contributed by atoms with E-state index in [1.54, 1.807) is 0 Å². The third kappa shape index (κ3) is 2.50. The van der Waals surface area contributed by atoms with E-state index in [-0.39, 0.29) is 5.84 Å². The Morgan fingerprint density at radius 1 is 0.792 bits per heavy atom. The Kier molecular flexibility index (Phi) is 3.47. The standard InChI is InChI=1S/C21H15N2O/c1-14(23-21(22)15-7-3-2-4-8-15)16-11-12-20-18(13-16)17-9-5-6-10-19(17)24-20/h2-13H,1H3/q-1. The first-order valence-corrected chi connectivity index (χ1v) is 7.81. The van der Waals surface area contributed by atoms with E-state index < -0.39 is 0 Å². The lowest BCUT2D eigenvalue weighted by Crippen LogP contribution is -2.01. The van der Waals surface area contributed by atoms with E-state index in [9.17, 15) is 5.41 Å². The topological polar surface area (TPSA) is 47.8 Å². The molecule has 0 atom stereocenters. The second kappa shape index (κ2) is 5.78. The average molecular weight is 311 g/mol. The summed E-state index contributed by atoms with van der Waals surface area (Å²) < 4.78 is 5.84. The lowest BCUT2D eigenvalue weighted by Gasteiger charge is -2.12. The van der Waals surface area contributed by atoms with Crippen LogP contribution in [0.1, 0.15) is 18.1 Å². The van der Waals surface area contributed by atoms with Gasteiger partial charge in [-0.1, -0.05) is 66.1 Å². The van der Waals surface area contributed by atoms with Crippen molar-refractivity contribution in [3.63, 3.8) is 0 Å². The van der Waals surface area contributed by atoms with Crippen molar-refractivity contribution >= 4 is 33.5 Å². The molecule has 0 radical (unpaired) electrons. The highest BCUT2D eigenvalue weighted by atomic mass is 16.3. The number of hydrogen-bond acceptors (Lipinski definition) is 1. The van der Waals surface area contributed by atoms with Crippen LogP contribution in [0.4, 0.5) is 0 Å². The van der Waals surface area contributed by atoms with Crippen LogP contribution in [-0.2, 0) is 0 Å². The van der Waals surface area contributed by atoms with E-state index in [4.69, 9.17) is 4.42 Å². The molecular weight excluding hydrogens is 296 g/mol. The second-order valence-electron chi connectivity index (χ2n) is 5.70. The number of aliphatic imine (C=N–C) groups is 1. The zero-order valence-corrected chi connectivity index (χ0v) is 13.2. The Morgan fingerprint density at radius 2 is 1.50 bits per heavy atom. The highest BCUT2D eigenvalue weighted by Gasteiger charge is 2.07. The van der Waals surface area contributed by atoms with Gasteiger partial charge in [0, 0.05) is 10.8 Å². The molecule has 0 N–H and O–H groups in total. The van der Waals surface area contributed by atoms with Gasteiger partial charge in [-0.05, 0) is 36.2 Å². The number of fused-ring (bicyclic) bond motifs is 3. The van der Waals surface area contributed by atoms with Gasteiger partial charge in [-0.15, -0.1) is 0 Å². The predicted molar refractivity (Wildman–Crippen MR) is 99.8 cm³/mol. The third-order valence-corrected chi connectivity index (χ3v) is 4.10. The molecule has 116 valence electrons. The average Bonchev–Trinajstić information content (AvgIpc) is 3.00. The quantitative estimate of drug-likeness (QED) is 0.360. The summed E-state index contributed by atoms with van der Waals surface area (Å²) in [6, 6.07) is 23.3. The highest BCUT2D eigenvalue weighted by molar-refractivity contribution is 6.14. The van der Waals surface area contributed by atoms with E-state index in [1.807, 2.05) is 73.7 Å². The van der Waals surface area contributed by atoms with Crippen molar-refractivity contribution in [1.29, 1.82) is 0 Å². The molecule has 1 aromatic heterocycles. The number of amidine groups is 1. The van der Waals surface area contributed by atoms with Gasteiger partial charge in [-0.3, -0.25) is 0 Å². The van der Waals surface area contributed by atoms with E-state index in [0.717, 1.165) is 33.2 Å². The Morgan fingerprint density at radius 3 is 2.33 bits per heavy atom. The van der Waals surface area contributed by atoms with Crippen molar-refractivity contribution in [3.8, 4) is 0 Å². The highest BCUT2D eigenvalue weighted by Crippen LogP contribution is 2.29. The van der Waals surface area contributed by atoms with Crippen molar-refractivity contribution in [2.24, 2.45) is 4.99 Å². The van der Waals surface area contributed by atoms with Crippen LogP contribution in [0.3, 0.4) is 0 Å². The molecule has 4 rings (SSSR count). The van der Waals surface area contributed by atoms with Crippen LogP contribution in [0.25, 0.3) is 27.3 Å². The smallest absolute Gasteiger partial charge is 0.135 e. The van der Waals surface area contributed by atoms with Gasteiger partial charge in [0.1, 0.15) is 11.2 Å². The molecular formula is C21H15N2O-. The maximum atomic E-state index is 10.2. The first kappa shape index (κ1) is 14.4. The van der Waals surface area contributed by atoms with Crippen LogP contribution in [0.2, 0.25) is 0 Å². The summed E-state index contributed by atoms with van der Waals surface area (Å²) in [6.07, 6.45) is 0. The molecule has 0 unspecified atom stereocenters. The molecule has 0 saturated carbocycles. The summed E-state index contributed by atoms with van der Waals surface area (Å²) in [7, 11) is 0. The molecule has 0 fully saturated rings. The first-order chi connectivity index (χ1) is 11.7. The zero-order valence-electron chi connectivity index (χ0n) is 13.2. The molecule has 3 aromatic carbocycles. The number of rotatable bonds is 2. The van der Waals surface area contributed by atoms with E-state index >= 15 is 0 Å². The minimum absolute atomic E-state index is 0.0187. The van der Waals surface area contributed by atoms with Crippen molar-refractivity contribution < 1.29 is 4.42 Å². The molecule has 0 aliphatic heterocycles. The number of hydrogen-bond donors (Lipinski definition) is 0. The number of nitrogens with zero attached hydrogens (tertiary/aromatic N) is 2. The molecule has 0 bridgehead atoms. The van der Waals surface area contributed by atoms with Gasteiger partial charge in [0.05, 0.1) is 0 Å². The summed E-state index contributed by atoms with van der Waals surface area (Å²) in [5.74, 6) is 0.0187. The number of furan rings is 1. The van der Waals surface area contributed by atoms with Gasteiger partial charge in [0.25, 0.3) is 0 Å². The maximum Gasteiger partial charge on any atom is 0.135 e. The van der Waals surface area contributed by atoms with Crippen LogP contribution >= 0.6 is 0 Å². The molecule has 3 nitrogen and oxygen atoms in total. The summed E-state index contributed by atoms with van der Waals surface area (Å²) in [6.45, 7) is 1.89. The van der Waals surface area contributed by atoms with E-state index in [0.29, 0.717) is 5.56 Å². The Hall–Kier alpha value is -3.20. The summed E-state index contributed by atoms with van der Waals surface area (Å²) in [5, 5.41) is 12.3. The number of benzene rings is 3. The second-order valence-corrected chi connectivity index (χ2v) is 5.70. The van der Waals surface area contributed by atoms with Gasteiger partial charge in [0.2, 0.25) is 0 Å². The lowest BCUT2D eigenvalue weighted by atomic mass is 10.1. The first-order valence-electron chi connectivity index (χ1n) is 7.81. The fourth-order valence-electron chi connectivity index (χ4n) is 2.83. The summed E-state index contributed by atoms with van der Waals surface area (Å²) in [5.41, 5.74) is 4.13. The zero-order chi connectivity index (χ0) is 16.5. The van der Waals surface area contributed by atoms with Gasteiger partial charge < -0.3 is 14.8 Å². The number of para-hydroxylation sites is 1. The molecule has 4 aromatic rings. The van der Waals surface area contributed by atoms with Crippen LogP contribution in [-0.4, -0.2) is 11.5 Å². The lowest BCUT2D eigenvalue weighted by molar-refractivity contribution is 0.669. The Balaban J connectivity index is 1.77. The summed E-state index contributed by atoms with van der Waals surface area (Å²) >= 11 is 0. The van der Waals surface area contributed by atoms with E-state index in [1.165, 1.54) is 0 Å². The Labute approximate surface area is 139 Å². The molecule has 0 aliphatic rings. The SMILES string of the molecule is CC(=NC(=[N-])c1ccccc1)c1ccc2oc3ccccc3c2c1. The molecule has 0 saturated heterocycles.